The Labute approximate surface area is 116 Å². The third-order valence-electron chi connectivity index (χ3n) is 3.80. The molecule has 2 aromatic rings. The summed E-state index contributed by atoms with van der Waals surface area (Å²) < 4.78 is 2.11. The molecule has 0 fully saturated rings. The zero-order chi connectivity index (χ0) is 13.7. The number of nitrogens with zero attached hydrogens (tertiary/aromatic N) is 3. The summed E-state index contributed by atoms with van der Waals surface area (Å²) in [4.78, 5) is 4.69. The lowest BCUT2D eigenvalue weighted by Crippen LogP contribution is -1.98. The Morgan fingerprint density at radius 3 is 2.80 bits per heavy atom. The molecule has 2 heterocycles. The molecule has 0 bridgehead atoms. The summed E-state index contributed by atoms with van der Waals surface area (Å²) >= 11 is 0. The minimum absolute atomic E-state index is 0.669. The van der Waals surface area contributed by atoms with Gasteiger partial charge in [0, 0.05) is 23.5 Å². The average molecular weight is 257 g/mol. The first kappa shape index (κ1) is 11.0. The van der Waals surface area contributed by atoms with Crippen LogP contribution >= 0.6 is 0 Å². The molecule has 94 valence electrons. The van der Waals surface area contributed by atoms with Crippen molar-refractivity contribution in [3.8, 4) is 17.5 Å². The Balaban J connectivity index is 2.22. The maximum atomic E-state index is 9.06. The largest absolute Gasteiger partial charge is 0.328 e. The Morgan fingerprint density at radius 2 is 1.95 bits per heavy atom. The van der Waals surface area contributed by atoms with Gasteiger partial charge in [-0.05, 0) is 35.7 Å². The van der Waals surface area contributed by atoms with E-state index in [4.69, 9.17) is 10.2 Å². The van der Waals surface area contributed by atoms with Crippen LogP contribution in [0.2, 0.25) is 0 Å². The summed E-state index contributed by atoms with van der Waals surface area (Å²) in [5.74, 6) is 0.953. The molecule has 0 aromatic heterocycles. The minimum atomic E-state index is 0.669. The fourth-order valence-electron chi connectivity index (χ4n) is 2.80. The van der Waals surface area contributed by atoms with Gasteiger partial charge in [-0.15, -0.1) is 0 Å². The SMILES string of the molecule is Cn1c2nc3ccc(C#N)cc3c-2cc2ccccc21. The van der Waals surface area contributed by atoms with Crippen molar-refractivity contribution in [2.45, 2.75) is 0 Å². The molecule has 0 N–H and O–H groups in total. The molecule has 0 saturated carbocycles. The first-order valence-corrected chi connectivity index (χ1v) is 6.46. The molecule has 20 heavy (non-hydrogen) atoms. The van der Waals surface area contributed by atoms with Crippen LogP contribution in [0.3, 0.4) is 0 Å². The number of aromatic nitrogens is 2. The van der Waals surface area contributed by atoms with Crippen molar-refractivity contribution >= 4 is 21.8 Å². The second-order valence-corrected chi connectivity index (χ2v) is 4.95. The van der Waals surface area contributed by atoms with Crippen LogP contribution in [0.15, 0.2) is 48.5 Å². The van der Waals surface area contributed by atoms with Gasteiger partial charge in [-0.25, -0.2) is 4.98 Å². The van der Waals surface area contributed by atoms with E-state index >= 15 is 0 Å². The topological polar surface area (TPSA) is 41.6 Å². The third-order valence-corrected chi connectivity index (χ3v) is 3.80. The van der Waals surface area contributed by atoms with Gasteiger partial charge in [-0.3, -0.25) is 0 Å². The van der Waals surface area contributed by atoms with Crippen molar-refractivity contribution in [1.82, 2.24) is 9.55 Å². The highest BCUT2D eigenvalue weighted by Gasteiger charge is 2.16. The molecule has 0 spiro atoms. The van der Waals surface area contributed by atoms with E-state index in [1.807, 2.05) is 37.4 Å². The molecule has 4 rings (SSSR count). The maximum Gasteiger partial charge on any atom is 0.141 e. The number of fused-ring (bicyclic) bond motifs is 4. The normalized spacial score (nSPS) is 11.2. The first-order chi connectivity index (χ1) is 9.78. The number of hydrogen-bond acceptors (Lipinski definition) is 2. The Morgan fingerprint density at radius 1 is 1.10 bits per heavy atom. The molecule has 2 aliphatic rings. The van der Waals surface area contributed by atoms with E-state index in [1.54, 1.807) is 0 Å². The number of nitriles is 1. The Bertz CT molecular complexity index is 973. The van der Waals surface area contributed by atoms with E-state index < -0.39 is 0 Å². The van der Waals surface area contributed by atoms with Gasteiger partial charge in [0.1, 0.15) is 5.82 Å². The number of pyridine rings is 1. The highest BCUT2D eigenvalue weighted by atomic mass is 15.0. The monoisotopic (exact) mass is 257 g/mol. The standard InChI is InChI=1S/C17H11N3/c1-20-16-5-3-2-4-12(16)9-14-13-8-11(10-18)6-7-15(13)19-17(14)20/h2-9H,1H3. The lowest BCUT2D eigenvalue weighted by atomic mass is 10.1. The lowest BCUT2D eigenvalue weighted by Gasteiger charge is -2.10. The number of benzene rings is 2. The fraction of sp³-hybridized carbons (Fsp3) is 0.0588. The average Bonchev–Trinajstić information content (AvgIpc) is 2.86. The molecule has 2 aromatic carbocycles. The van der Waals surface area contributed by atoms with E-state index in [-0.39, 0.29) is 0 Å². The second-order valence-electron chi connectivity index (χ2n) is 4.95. The highest BCUT2D eigenvalue weighted by molar-refractivity contribution is 6.01. The molecule has 0 unspecified atom stereocenters. The number of hydrogen-bond donors (Lipinski definition) is 0. The minimum Gasteiger partial charge on any atom is -0.328 e. The van der Waals surface area contributed by atoms with Gasteiger partial charge in [0.25, 0.3) is 0 Å². The number of rotatable bonds is 0. The summed E-state index contributed by atoms with van der Waals surface area (Å²) in [6, 6.07) is 18.2. The van der Waals surface area contributed by atoms with E-state index in [9.17, 15) is 0 Å². The van der Waals surface area contributed by atoms with Crippen LogP contribution < -0.4 is 0 Å². The second kappa shape index (κ2) is 3.82. The van der Waals surface area contributed by atoms with Crippen molar-refractivity contribution in [3.05, 3.63) is 54.1 Å². The first-order valence-electron chi connectivity index (χ1n) is 6.46. The van der Waals surface area contributed by atoms with Crippen molar-refractivity contribution < 1.29 is 0 Å². The number of para-hydroxylation sites is 1. The zero-order valence-electron chi connectivity index (χ0n) is 11.0. The van der Waals surface area contributed by atoms with Crippen LogP contribution in [-0.4, -0.2) is 9.55 Å². The molecule has 0 radical (unpaired) electrons. The summed E-state index contributed by atoms with van der Waals surface area (Å²) in [7, 11) is 2.03. The van der Waals surface area contributed by atoms with Gasteiger partial charge in [-0.1, -0.05) is 18.2 Å². The Hall–Kier alpha value is -2.86. The predicted molar refractivity (Wildman–Crippen MR) is 79.6 cm³/mol. The zero-order valence-corrected chi connectivity index (χ0v) is 11.0. The Kier molecular flexibility index (Phi) is 2.10. The molecule has 3 heteroatoms. The van der Waals surface area contributed by atoms with E-state index in [2.05, 4.69) is 28.8 Å². The summed E-state index contributed by atoms with van der Waals surface area (Å²) in [6.45, 7) is 0. The maximum absolute atomic E-state index is 9.06. The third kappa shape index (κ3) is 1.36. The predicted octanol–water partition coefficient (Wildman–Crippen LogP) is 3.70. The van der Waals surface area contributed by atoms with Gasteiger partial charge in [-0.2, -0.15) is 5.26 Å². The quantitative estimate of drug-likeness (QED) is 0.482. The molecule has 0 atom stereocenters. The van der Waals surface area contributed by atoms with Crippen LogP contribution in [0, 0.1) is 11.3 Å². The van der Waals surface area contributed by atoms with E-state index in [1.165, 1.54) is 5.39 Å². The van der Waals surface area contributed by atoms with Crippen molar-refractivity contribution in [2.24, 2.45) is 7.05 Å². The van der Waals surface area contributed by atoms with Crippen LogP contribution in [0.4, 0.5) is 0 Å². The van der Waals surface area contributed by atoms with Gasteiger partial charge in [0.2, 0.25) is 0 Å². The van der Waals surface area contributed by atoms with Crippen LogP contribution in [0.25, 0.3) is 33.2 Å². The summed E-state index contributed by atoms with van der Waals surface area (Å²) in [6.07, 6.45) is 0. The molecule has 3 nitrogen and oxygen atoms in total. The van der Waals surface area contributed by atoms with Crippen LogP contribution in [-0.2, 0) is 7.05 Å². The van der Waals surface area contributed by atoms with Gasteiger partial charge >= 0.3 is 0 Å². The van der Waals surface area contributed by atoms with Crippen molar-refractivity contribution in [3.63, 3.8) is 0 Å². The molecular formula is C17H11N3. The highest BCUT2D eigenvalue weighted by Crippen LogP contribution is 2.34. The van der Waals surface area contributed by atoms with E-state index in [0.717, 1.165) is 27.8 Å². The van der Waals surface area contributed by atoms with Crippen molar-refractivity contribution in [1.29, 1.82) is 5.26 Å². The van der Waals surface area contributed by atoms with Gasteiger partial charge in [0.15, 0.2) is 0 Å². The summed E-state index contributed by atoms with van der Waals surface area (Å²) in [5, 5.41) is 11.3. The molecule has 0 aliphatic carbocycles. The van der Waals surface area contributed by atoms with Gasteiger partial charge < -0.3 is 4.57 Å². The smallest absolute Gasteiger partial charge is 0.141 e. The molecule has 2 aliphatic heterocycles. The van der Waals surface area contributed by atoms with E-state index in [0.29, 0.717) is 5.56 Å². The number of aryl methyl sites for hydroxylation is 1. The van der Waals surface area contributed by atoms with Crippen LogP contribution in [0.5, 0.6) is 0 Å². The molecule has 0 amide bonds. The van der Waals surface area contributed by atoms with Crippen LogP contribution in [0.1, 0.15) is 5.56 Å². The molecule has 0 saturated heterocycles. The van der Waals surface area contributed by atoms with Crippen molar-refractivity contribution in [2.75, 3.05) is 0 Å². The fourth-order valence-corrected chi connectivity index (χ4v) is 2.80. The van der Waals surface area contributed by atoms with Gasteiger partial charge in [0.05, 0.1) is 17.1 Å². The summed E-state index contributed by atoms with van der Waals surface area (Å²) in [5.41, 5.74) is 3.86. The lowest BCUT2D eigenvalue weighted by molar-refractivity contribution is 0.939. The molecular weight excluding hydrogens is 246 g/mol.